The van der Waals surface area contributed by atoms with Gasteiger partial charge in [-0.15, -0.1) is 0 Å². The summed E-state index contributed by atoms with van der Waals surface area (Å²) in [5.74, 6) is 0. The molecule has 0 unspecified atom stereocenters. The number of unbranched alkanes of at least 4 members (excludes halogenated alkanes) is 2. The number of nitrogen functional groups attached to an aromatic ring is 1. The van der Waals surface area contributed by atoms with E-state index in [-0.39, 0.29) is 16.5 Å². The summed E-state index contributed by atoms with van der Waals surface area (Å²) in [4.78, 5) is 0.0319. The van der Waals surface area contributed by atoms with Crippen molar-refractivity contribution in [2.45, 2.75) is 51.0 Å². The van der Waals surface area contributed by atoms with Crippen LogP contribution in [-0.4, -0.2) is 25.3 Å². The summed E-state index contributed by atoms with van der Waals surface area (Å²) in [6.07, 6.45) is 2.81. The van der Waals surface area contributed by atoms with Crippen LogP contribution in [0, 0.1) is 11.3 Å². The highest BCUT2D eigenvalue weighted by molar-refractivity contribution is 7.89. The van der Waals surface area contributed by atoms with Crippen LogP contribution in [0.1, 0.15) is 45.6 Å². The maximum Gasteiger partial charge on any atom is 0.244 e. The van der Waals surface area contributed by atoms with E-state index in [0.29, 0.717) is 12.2 Å². The lowest BCUT2D eigenvalue weighted by atomic mass is 10.2. The molecule has 0 spiro atoms. The Morgan fingerprint density at radius 1 is 1.33 bits per heavy atom. The zero-order valence-electron chi connectivity index (χ0n) is 12.8. The molecule has 0 atom stereocenters. The minimum Gasteiger partial charge on any atom is -0.399 e. The van der Waals surface area contributed by atoms with E-state index in [1.54, 1.807) is 0 Å². The summed E-state index contributed by atoms with van der Waals surface area (Å²) >= 11 is 0. The SMILES string of the molecule is CCCCCN(C(C)C)S(=O)(=O)c1ccc(N)cc1C#N. The van der Waals surface area contributed by atoms with Crippen LogP contribution in [0.15, 0.2) is 23.1 Å². The smallest absolute Gasteiger partial charge is 0.244 e. The number of anilines is 1. The number of rotatable bonds is 7. The number of nitrogens with two attached hydrogens (primary N) is 1. The van der Waals surface area contributed by atoms with E-state index in [1.807, 2.05) is 19.9 Å². The quantitative estimate of drug-likeness (QED) is 0.619. The van der Waals surface area contributed by atoms with Crippen LogP contribution < -0.4 is 5.73 Å². The monoisotopic (exact) mass is 309 g/mol. The molecule has 1 rings (SSSR count). The third-order valence-corrected chi connectivity index (χ3v) is 5.40. The number of sulfonamides is 1. The molecule has 6 heteroatoms. The molecule has 0 aliphatic rings. The third kappa shape index (κ3) is 4.19. The van der Waals surface area contributed by atoms with E-state index in [0.717, 1.165) is 19.3 Å². The number of hydrogen-bond acceptors (Lipinski definition) is 4. The first-order valence-corrected chi connectivity index (χ1v) is 8.60. The minimum absolute atomic E-state index is 0.0319. The topological polar surface area (TPSA) is 87.2 Å². The molecule has 2 N–H and O–H groups in total. The highest BCUT2D eigenvalue weighted by Gasteiger charge is 2.28. The van der Waals surface area contributed by atoms with Crippen molar-refractivity contribution < 1.29 is 8.42 Å². The summed E-state index contributed by atoms with van der Waals surface area (Å²) in [7, 11) is -3.69. The average Bonchev–Trinajstić information content (AvgIpc) is 2.42. The number of hydrogen-bond donors (Lipinski definition) is 1. The van der Waals surface area contributed by atoms with Gasteiger partial charge in [-0.25, -0.2) is 8.42 Å². The van der Waals surface area contributed by atoms with Crippen molar-refractivity contribution in [3.05, 3.63) is 23.8 Å². The molecule has 0 saturated carbocycles. The maximum absolute atomic E-state index is 12.8. The van der Waals surface area contributed by atoms with Crippen LogP contribution in [0.2, 0.25) is 0 Å². The van der Waals surface area contributed by atoms with E-state index in [9.17, 15) is 8.42 Å². The largest absolute Gasteiger partial charge is 0.399 e. The number of benzene rings is 1. The maximum atomic E-state index is 12.8. The second-order valence-corrected chi connectivity index (χ2v) is 7.14. The number of nitriles is 1. The van der Waals surface area contributed by atoms with E-state index < -0.39 is 10.0 Å². The molecule has 0 saturated heterocycles. The molecule has 0 heterocycles. The predicted octanol–water partition coefficient (Wildman–Crippen LogP) is 2.73. The van der Waals surface area contributed by atoms with Gasteiger partial charge in [0, 0.05) is 18.3 Å². The first-order valence-electron chi connectivity index (χ1n) is 7.16. The first kappa shape index (κ1) is 17.5. The van der Waals surface area contributed by atoms with Gasteiger partial charge in [0.25, 0.3) is 0 Å². The Labute approximate surface area is 127 Å². The normalized spacial score (nSPS) is 11.8. The molecule has 21 heavy (non-hydrogen) atoms. The van der Waals surface area contributed by atoms with Gasteiger partial charge in [0.15, 0.2) is 0 Å². The van der Waals surface area contributed by atoms with E-state index in [2.05, 4.69) is 6.92 Å². The van der Waals surface area contributed by atoms with Crippen molar-refractivity contribution in [3.63, 3.8) is 0 Å². The fourth-order valence-corrected chi connectivity index (χ4v) is 3.96. The second kappa shape index (κ2) is 7.43. The summed E-state index contributed by atoms with van der Waals surface area (Å²) in [5, 5.41) is 9.15. The zero-order valence-corrected chi connectivity index (χ0v) is 13.7. The van der Waals surface area contributed by atoms with Gasteiger partial charge in [0.05, 0.1) is 5.56 Å². The second-order valence-electron chi connectivity index (χ2n) is 5.28. The molecule has 1 aromatic carbocycles. The summed E-state index contributed by atoms with van der Waals surface area (Å²) in [6.45, 7) is 6.21. The highest BCUT2D eigenvalue weighted by atomic mass is 32.2. The lowest BCUT2D eigenvalue weighted by Crippen LogP contribution is -2.38. The summed E-state index contributed by atoms with van der Waals surface area (Å²) < 4.78 is 27.0. The van der Waals surface area contributed by atoms with Gasteiger partial charge in [-0.1, -0.05) is 19.8 Å². The Kier molecular flexibility index (Phi) is 6.19. The Hall–Kier alpha value is -1.58. The Morgan fingerprint density at radius 2 is 2.00 bits per heavy atom. The van der Waals surface area contributed by atoms with E-state index in [1.165, 1.54) is 22.5 Å². The van der Waals surface area contributed by atoms with Gasteiger partial charge in [0.2, 0.25) is 10.0 Å². The fourth-order valence-electron chi connectivity index (χ4n) is 2.16. The number of nitrogens with zero attached hydrogens (tertiary/aromatic N) is 2. The predicted molar refractivity (Wildman–Crippen MR) is 84.1 cm³/mol. The van der Waals surface area contributed by atoms with Crippen molar-refractivity contribution in [1.29, 1.82) is 5.26 Å². The minimum atomic E-state index is -3.69. The van der Waals surface area contributed by atoms with Crippen molar-refractivity contribution >= 4 is 15.7 Å². The van der Waals surface area contributed by atoms with E-state index in [4.69, 9.17) is 11.0 Å². The molecule has 0 aliphatic carbocycles. The van der Waals surface area contributed by atoms with Crippen LogP contribution in [0.5, 0.6) is 0 Å². The van der Waals surface area contributed by atoms with Gasteiger partial charge in [0.1, 0.15) is 11.0 Å². The lowest BCUT2D eigenvalue weighted by molar-refractivity contribution is 0.345. The molecule has 0 fully saturated rings. The molecular weight excluding hydrogens is 286 g/mol. The molecule has 0 aromatic heterocycles. The highest BCUT2D eigenvalue weighted by Crippen LogP contribution is 2.24. The molecule has 1 aromatic rings. The Balaban J connectivity index is 3.21. The van der Waals surface area contributed by atoms with Crippen molar-refractivity contribution in [1.82, 2.24) is 4.31 Å². The Bertz CT molecular complexity index is 618. The van der Waals surface area contributed by atoms with Gasteiger partial charge >= 0.3 is 0 Å². The van der Waals surface area contributed by atoms with Crippen LogP contribution >= 0.6 is 0 Å². The van der Waals surface area contributed by atoms with E-state index >= 15 is 0 Å². The molecule has 0 aliphatic heterocycles. The fraction of sp³-hybridized carbons (Fsp3) is 0.533. The standard InChI is InChI=1S/C15H23N3O2S/c1-4-5-6-9-18(12(2)3)21(19,20)15-8-7-14(17)10-13(15)11-16/h7-8,10,12H,4-6,9,17H2,1-3H3. The zero-order chi connectivity index (χ0) is 16.0. The Morgan fingerprint density at radius 3 is 2.52 bits per heavy atom. The van der Waals surface area contributed by atoms with Gasteiger partial charge in [-0.3, -0.25) is 0 Å². The molecule has 5 nitrogen and oxygen atoms in total. The summed E-state index contributed by atoms with van der Waals surface area (Å²) in [6, 6.07) is 6.09. The lowest BCUT2D eigenvalue weighted by Gasteiger charge is -2.26. The van der Waals surface area contributed by atoms with Crippen molar-refractivity contribution in [2.24, 2.45) is 0 Å². The molecular formula is C15H23N3O2S. The molecule has 116 valence electrons. The van der Waals surface area contributed by atoms with Crippen LogP contribution in [0.3, 0.4) is 0 Å². The van der Waals surface area contributed by atoms with Gasteiger partial charge in [-0.2, -0.15) is 9.57 Å². The van der Waals surface area contributed by atoms with Crippen molar-refractivity contribution in [2.75, 3.05) is 12.3 Å². The van der Waals surface area contributed by atoms with Crippen LogP contribution in [0.25, 0.3) is 0 Å². The summed E-state index contributed by atoms with van der Waals surface area (Å²) in [5.41, 5.74) is 6.10. The van der Waals surface area contributed by atoms with Crippen LogP contribution in [0.4, 0.5) is 5.69 Å². The first-order chi connectivity index (χ1) is 9.84. The van der Waals surface area contributed by atoms with Gasteiger partial charge in [-0.05, 0) is 38.5 Å². The molecule has 0 amide bonds. The third-order valence-electron chi connectivity index (χ3n) is 3.27. The average molecular weight is 309 g/mol. The van der Waals surface area contributed by atoms with Crippen LogP contribution in [-0.2, 0) is 10.0 Å². The van der Waals surface area contributed by atoms with Gasteiger partial charge < -0.3 is 5.73 Å². The molecule has 0 bridgehead atoms. The van der Waals surface area contributed by atoms with Crippen molar-refractivity contribution in [3.8, 4) is 6.07 Å². The molecule has 0 radical (unpaired) electrons.